The van der Waals surface area contributed by atoms with Gasteiger partial charge in [0.1, 0.15) is 11.4 Å². The van der Waals surface area contributed by atoms with E-state index in [4.69, 9.17) is 10.5 Å². The fourth-order valence-electron chi connectivity index (χ4n) is 3.15. The number of carbonyl (C=O) groups is 2. The van der Waals surface area contributed by atoms with Crippen molar-refractivity contribution in [2.24, 2.45) is 5.73 Å². The molecule has 0 radical (unpaired) electrons. The maximum absolute atomic E-state index is 13.2. The van der Waals surface area contributed by atoms with Gasteiger partial charge in [-0.05, 0) is 23.8 Å². The van der Waals surface area contributed by atoms with E-state index >= 15 is 0 Å². The predicted molar refractivity (Wildman–Crippen MR) is 106 cm³/mol. The molecular weight excluding hydrogens is 372 g/mol. The quantitative estimate of drug-likeness (QED) is 0.720. The Labute approximate surface area is 166 Å². The van der Waals surface area contributed by atoms with Crippen LogP contribution in [0.2, 0.25) is 0 Å². The first-order valence-electron chi connectivity index (χ1n) is 9.02. The molecule has 0 saturated carbocycles. The summed E-state index contributed by atoms with van der Waals surface area (Å²) in [6.07, 6.45) is -0.968. The molecule has 8 heteroatoms. The van der Waals surface area contributed by atoms with Gasteiger partial charge in [-0.3, -0.25) is 19.3 Å². The van der Waals surface area contributed by atoms with E-state index in [9.17, 15) is 14.4 Å². The van der Waals surface area contributed by atoms with Gasteiger partial charge in [-0.2, -0.15) is 5.10 Å². The van der Waals surface area contributed by atoms with Crippen LogP contribution in [0.4, 0.5) is 5.69 Å². The average molecular weight is 390 g/mol. The highest BCUT2D eigenvalue weighted by atomic mass is 16.5. The van der Waals surface area contributed by atoms with Crippen LogP contribution in [0.3, 0.4) is 0 Å². The van der Waals surface area contributed by atoms with Crippen LogP contribution < -0.4 is 20.9 Å². The Bertz CT molecular complexity index is 1130. The Kier molecular flexibility index (Phi) is 4.82. The lowest BCUT2D eigenvalue weighted by Gasteiger charge is -2.33. The molecule has 2 N–H and O–H groups in total. The molecule has 146 valence electrons. The van der Waals surface area contributed by atoms with Crippen LogP contribution in [0.15, 0.2) is 71.5 Å². The number of rotatable bonds is 4. The summed E-state index contributed by atoms with van der Waals surface area (Å²) >= 11 is 0. The van der Waals surface area contributed by atoms with Crippen LogP contribution in [0.25, 0.3) is 0 Å². The second-order valence-corrected chi connectivity index (χ2v) is 6.59. The van der Waals surface area contributed by atoms with Gasteiger partial charge < -0.3 is 10.5 Å². The van der Waals surface area contributed by atoms with Crippen molar-refractivity contribution in [1.82, 2.24) is 9.78 Å². The first-order chi connectivity index (χ1) is 14.0. The van der Waals surface area contributed by atoms with Gasteiger partial charge in [-0.25, -0.2) is 4.68 Å². The Morgan fingerprint density at radius 3 is 2.52 bits per heavy atom. The zero-order valence-corrected chi connectivity index (χ0v) is 15.4. The zero-order valence-electron chi connectivity index (χ0n) is 15.4. The predicted octanol–water partition coefficient (Wildman–Crippen LogP) is 1.18. The van der Waals surface area contributed by atoms with Crippen molar-refractivity contribution in [1.29, 1.82) is 0 Å². The molecule has 8 nitrogen and oxygen atoms in total. The van der Waals surface area contributed by atoms with E-state index in [0.717, 1.165) is 5.56 Å². The molecule has 1 atom stereocenters. The third-order valence-corrected chi connectivity index (χ3v) is 4.60. The highest BCUT2D eigenvalue weighted by Gasteiger charge is 2.33. The minimum atomic E-state index is -0.968. The van der Waals surface area contributed by atoms with E-state index in [1.807, 2.05) is 30.3 Å². The third kappa shape index (κ3) is 3.73. The van der Waals surface area contributed by atoms with E-state index in [1.54, 1.807) is 24.3 Å². The summed E-state index contributed by atoms with van der Waals surface area (Å²) in [4.78, 5) is 38.5. The van der Waals surface area contributed by atoms with Crippen molar-refractivity contribution in [3.8, 4) is 5.75 Å². The first kappa shape index (κ1) is 18.4. The fraction of sp³-hybridized carbons (Fsp3) is 0.143. The Morgan fingerprint density at radius 2 is 1.76 bits per heavy atom. The molecule has 2 amide bonds. The number of hydrogen-bond acceptors (Lipinski definition) is 5. The van der Waals surface area contributed by atoms with E-state index in [1.165, 1.54) is 21.7 Å². The number of fused-ring (bicyclic) bond motifs is 1. The van der Waals surface area contributed by atoms with Gasteiger partial charge in [0.25, 0.3) is 17.4 Å². The molecule has 1 aliphatic heterocycles. The Hall–Kier alpha value is -3.94. The van der Waals surface area contributed by atoms with E-state index in [2.05, 4.69) is 5.10 Å². The second kappa shape index (κ2) is 7.59. The summed E-state index contributed by atoms with van der Waals surface area (Å²) in [5.74, 6) is -0.735. The minimum absolute atomic E-state index is 0.0370. The topological polar surface area (TPSA) is 108 Å². The van der Waals surface area contributed by atoms with E-state index in [-0.39, 0.29) is 24.3 Å². The summed E-state index contributed by atoms with van der Waals surface area (Å²) in [7, 11) is 0. The zero-order chi connectivity index (χ0) is 20.4. The first-order valence-corrected chi connectivity index (χ1v) is 9.02. The van der Waals surface area contributed by atoms with Gasteiger partial charge in [-0.15, -0.1) is 0 Å². The number of nitrogens with zero attached hydrogens (tertiary/aromatic N) is 3. The van der Waals surface area contributed by atoms with Gasteiger partial charge in [-0.1, -0.05) is 42.5 Å². The average Bonchev–Trinajstić information content (AvgIpc) is 2.74. The molecule has 0 aliphatic carbocycles. The molecule has 1 aliphatic rings. The second-order valence-electron chi connectivity index (χ2n) is 6.59. The molecule has 3 aromatic rings. The number of aromatic nitrogens is 2. The lowest BCUT2D eigenvalue weighted by Crippen LogP contribution is -2.49. The molecule has 0 fully saturated rings. The number of benzene rings is 2. The minimum Gasteiger partial charge on any atom is -0.477 e. The molecule has 1 aromatic heterocycles. The van der Waals surface area contributed by atoms with Gasteiger partial charge in [0.15, 0.2) is 6.10 Å². The Balaban J connectivity index is 1.68. The summed E-state index contributed by atoms with van der Waals surface area (Å²) in [6, 6.07) is 18.9. The number of amides is 2. The molecule has 2 aromatic carbocycles. The highest BCUT2D eigenvalue weighted by molar-refractivity contribution is 6.06. The number of carbonyl (C=O) groups excluding carboxylic acids is 2. The van der Waals surface area contributed by atoms with Gasteiger partial charge in [0.2, 0.25) is 0 Å². The van der Waals surface area contributed by atoms with Crippen LogP contribution in [-0.2, 0) is 11.3 Å². The number of hydrogen-bond donors (Lipinski definition) is 1. The molecule has 0 bridgehead atoms. The van der Waals surface area contributed by atoms with Crippen molar-refractivity contribution in [2.45, 2.75) is 12.6 Å². The van der Waals surface area contributed by atoms with Crippen molar-refractivity contribution in [3.63, 3.8) is 0 Å². The van der Waals surface area contributed by atoms with Crippen LogP contribution in [0.5, 0.6) is 5.75 Å². The summed E-state index contributed by atoms with van der Waals surface area (Å²) in [5, 5.41) is 4.24. The lowest BCUT2D eigenvalue weighted by atomic mass is 10.1. The van der Waals surface area contributed by atoms with E-state index in [0.29, 0.717) is 11.4 Å². The summed E-state index contributed by atoms with van der Waals surface area (Å²) < 4.78 is 6.82. The molecule has 0 unspecified atom stereocenters. The number of primary amides is 1. The monoisotopic (exact) mass is 390 g/mol. The smallest absolute Gasteiger partial charge is 0.278 e. The van der Waals surface area contributed by atoms with Crippen molar-refractivity contribution in [2.75, 3.05) is 11.4 Å². The molecule has 29 heavy (non-hydrogen) atoms. The van der Waals surface area contributed by atoms with Crippen LogP contribution in [-0.4, -0.2) is 34.2 Å². The maximum Gasteiger partial charge on any atom is 0.278 e. The number of para-hydroxylation sites is 2. The maximum atomic E-state index is 13.2. The summed E-state index contributed by atoms with van der Waals surface area (Å²) in [5.41, 5.74) is 6.56. The number of ether oxygens (including phenoxy) is 1. The van der Waals surface area contributed by atoms with E-state index < -0.39 is 17.9 Å². The van der Waals surface area contributed by atoms with Crippen LogP contribution in [0.1, 0.15) is 16.1 Å². The number of anilines is 1. The van der Waals surface area contributed by atoms with Crippen LogP contribution in [0, 0.1) is 0 Å². The lowest BCUT2D eigenvalue weighted by molar-refractivity contribution is -0.124. The fourth-order valence-corrected chi connectivity index (χ4v) is 3.15. The Morgan fingerprint density at radius 1 is 1.03 bits per heavy atom. The van der Waals surface area contributed by atoms with Crippen molar-refractivity contribution >= 4 is 17.5 Å². The van der Waals surface area contributed by atoms with Gasteiger partial charge >= 0.3 is 0 Å². The normalized spacial score (nSPS) is 15.3. The van der Waals surface area contributed by atoms with Crippen molar-refractivity contribution in [3.05, 3.63) is 88.3 Å². The summed E-state index contributed by atoms with van der Waals surface area (Å²) in [6.45, 7) is 0.203. The largest absolute Gasteiger partial charge is 0.477 e. The molecular formula is C21H18N4O4. The van der Waals surface area contributed by atoms with Gasteiger partial charge in [0, 0.05) is 6.07 Å². The highest BCUT2D eigenvalue weighted by Crippen LogP contribution is 2.33. The molecule has 0 saturated heterocycles. The van der Waals surface area contributed by atoms with Crippen LogP contribution >= 0.6 is 0 Å². The van der Waals surface area contributed by atoms with Gasteiger partial charge in [0.05, 0.1) is 18.8 Å². The molecule has 4 rings (SSSR count). The molecule has 2 heterocycles. The SMILES string of the molecule is NC(=O)[C@H]1CN(C(=O)c2ccc(=O)n(Cc3ccccc3)n2)c2ccccc2O1. The molecule has 0 spiro atoms. The number of nitrogens with two attached hydrogens (primary N) is 1. The van der Waals surface area contributed by atoms with Crippen molar-refractivity contribution < 1.29 is 14.3 Å². The standard InChI is InChI=1S/C21H18N4O4/c22-20(27)18-13-24(16-8-4-5-9-17(16)29-18)21(28)15-10-11-19(26)25(23-15)12-14-6-2-1-3-7-14/h1-11,18H,12-13H2,(H2,22,27)/t18-/m1/s1. The third-order valence-electron chi connectivity index (χ3n) is 4.60.